The molecular weight excluding hydrogens is 548 g/mol. The Kier molecular flexibility index (Phi) is 7.88. The standard InChI is InChI=1S/C34H34N2O7/c1-41-20-15-16-26(42-2)25(18-20)35-27(37)19-43-28(38)14-4-3-9-17-36-33(39)31-29-21-10-5-6-11-22(21)30(32(31)34(36)40)24-13-8-7-12-23(24)29/h5-8,10-13,15-16,18,29-32H,3-4,9,14,17,19H2,1-2H3,(H,35,37)/t29?,30?,31-,32+. The van der Waals surface area contributed by atoms with Crippen LogP contribution in [0.1, 0.15) is 59.8 Å². The highest BCUT2D eigenvalue weighted by atomic mass is 16.5. The molecule has 0 radical (unpaired) electrons. The number of imide groups is 1. The fraction of sp³-hybridized carbons (Fsp3) is 0.353. The molecule has 0 spiro atoms. The van der Waals surface area contributed by atoms with Crippen molar-refractivity contribution in [2.75, 3.05) is 32.7 Å². The van der Waals surface area contributed by atoms with E-state index in [0.717, 1.165) is 22.3 Å². The van der Waals surface area contributed by atoms with E-state index in [1.54, 1.807) is 18.2 Å². The Morgan fingerprint density at radius 3 is 1.88 bits per heavy atom. The van der Waals surface area contributed by atoms with Gasteiger partial charge in [0, 0.05) is 30.9 Å². The topological polar surface area (TPSA) is 111 Å². The van der Waals surface area contributed by atoms with Gasteiger partial charge in [-0.15, -0.1) is 0 Å². The molecule has 2 bridgehead atoms. The lowest BCUT2D eigenvalue weighted by molar-refractivity contribution is -0.147. The van der Waals surface area contributed by atoms with E-state index in [2.05, 4.69) is 29.6 Å². The number of hydrogen-bond acceptors (Lipinski definition) is 7. The molecule has 0 unspecified atom stereocenters. The first kappa shape index (κ1) is 28.5. The van der Waals surface area contributed by atoms with Gasteiger partial charge in [0.25, 0.3) is 5.91 Å². The third-order valence-corrected chi connectivity index (χ3v) is 8.85. The highest BCUT2D eigenvalue weighted by molar-refractivity contribution is 6.07. The lowest BCUT2D eigenvalue weighted by atomic mass is 9.55. The summed E-state index contributed by atoms with van der Waals surface area (Å²) >= 11 is 0. The van der Waals surface area contributed by atoms with Crippen molar-refractivity contribution in [1.29, 1.82) is 0 Å². The zero-order valence-corrected chi connectivity index (χ0v) is 24.2. The van der Waals surface area contributed by atoms with Gasteiger partial charge in [0.2, 0.25) is 11.8 Å². The molecule has 1 heterocycles. The molecule has 9 nitrogen and oxygen atoms in total. The van der Waals surface area contributed by atoms with Crippen LogP contribution in [0.2, 0.25) is 0 Å². The van der Waals surface area contributed by atoms with Gasteiger partial charge in [0.15, 0.2) is 6.61 Å². The third-order valence-electron chi connectivity index (χ3n) is 8.85. The van der Waals surface area contributed by atoms with Gasteiger partial charge < -0.3 is 19.5 Å². The second-order valence-corrected chi connectivity index (χ2v) is 11.2. The van der Waals surface area contributed by atoms with Gasteiger partial charge in [-0.05, 0) is 47.2 Å². The smallest absolute Gasteiger partial charge is 0.306 e. The van der Waals surface area contributed by atoms with Crippen molar-refractivity contribution in [2.24, 2.45) is 11.8 Å². The van der Waals surface area contributed by atoms with Crippen LogP contribution in [-0.4, -0.2) is 56.0 Å². The maximum Gasteiger partial charge on any atom is 0.306 e. The first-order valence-corrected chi connectivity index (χ1v) is 14.6. The zero-order chi connectivity index (χ0) is 30.1. The Bertz CT molecular complexity index is 1470. The van der Waals surface area contributed by atoms with Crippen LogP contribution in [0, 0.1) is 11.8 Å². The van der Waals surface area contributed by atoms with Crippen molar-refractivity contribution in [3.05, 3.63) is 89.0 Å². The minimum Gasteiger partial charge on any atom is -0.497 e. The molecule has 222 valence electrons. The molecule has 2 atom stereocenters. The number of nitrogens with zero attached hydrogens (tertiary/aromatic N) is 1. The first-order chi connectivity index (χ1) is 20.9. The number of methoxy groups -OCH3 is 2. The Hall–Kier alpha value is -4.66. The molecule has 0 saturated carbocycles. The van der Waals surface area contributed by atoms with Crippen LogP contribution in [0.4, 0.5) is 5.69 Å². The van der Waals surface area contributed by atoms with Crippen molar-refractivity contribution in [3.8, 4) is 11.5 Å². The number of carbonyl (C=O) groups excluding carboxylic acids is 4. The van der Waals surface area contributed by atoms with E-state index in [-0.39, 0.29) is 41.9 Å². The number of amides is 3. The number of carbonyl (C=O) groups is 4. The second-order valence-electron chi connectivity index (χ2n) is 11.2. The summed E-state index contributed by atoms with van der Waals surface area (Å²) in [6.07, 6.45) is 1.89. The van der Waals surface area contributed by atoms with E-state index < -0.39 is 18.5 Å². The van der Waals surface area contributed by atoms with Gasteiger partial charge >= 0.3 is 5.97 Å². The number of nitrogens with one attached hydrogen (secondary N) is 1. The van der Waals surface area contributed by atoms with Gasteiger partial charge in [0.05, 0.1) is 31.7 Å². The Morgan fingerprint density at radius 2 is 1.35 bits per heavy atom. The summed E-state index contributed by atoms with van der Waals surface area (Å²) in [5.41, 5.74) is 5.04. The monoisotopic (exact) mass is 582 g/mol. The molecule has 1 saturated heterocycles. The summed E-state index contributed by atoms with van der Waals surface area (Å²) < 4.78 is 15.6. The fourth-order valence-electron chi connectivity index (χ4n) is 6.99. The summed E-state index contributed by atoms with van der Waals surface area (Å²) in [7, 11) is 3.01. The number of anilines is 1. The van der Waals surface area contributed by atoms with Crippen molar-refractivity contribution in [1.82, 2.24) is 4.90 Å². The van der Waals surface area contributed by atoms with E-state index in [0.29, 0.717) is 43.0 Å². The molecule has 3 amide bonds. The predicted octanol–water partition coefficient (Wildman–Crippen LogP) is 4.64. The summed E-state index contributed by atoms with van der Waals surface area (Å²) in [5, 5.41) is 2.66. The molecule has 7 rings (SSSR count). The van der Waals surface area contributed by atoms with E-state index in [1.807, 2.05) is 24.3 Å². The predicted molar refractivity (Wildman–Crippen MR) is 158 cm³/mol. The number of hydrogen-bond donors (Lipinski definition) is 1. The van der Waals surface area contributed by atoms with E-state index >= 15 is 0 Å². The van der Waals surface area contributed by atoms with Gasteiger partial charge in [-0.3, -0.25) is 24.1 Å². The van der Waals surface area contributed by atoms with Crippen molar-refractivity contribution in [2.45, 2.75) is 37.5 Å². The fourth-order valence-corrected chi connectivity index (χ4v) is 6.99. The molecule has 3 aromatic carbocycles. The molecule has 3 aliphatic carbocycles. The molecule has 3 aromatic rings. The van der Waals surface area contributed by atoms with Gasteiger partial charge in [-0.25, -0.2) is 0 Å². The average Bonchev–Trinajstić information content (AvgIpc) is 3.29. The second kappa shape index (κ2) is 11.9. The van der Waals surface area contributed by atoms with Crippen LogP contribution in [-0.2, 0) is 23.9 Å². The highest BCUT2D eigenvalue weighted by Crippen LogP contribution is 2.60. The van der Waals surface area contributed by atoms with Crippen LogP contribution in [0.3, 0.4) is 0 Å². The number of esters is 1. The maximum atomic E-state index is 13.7. The SMILES string of the molecule is COc1ccc(OC)c(NC(=O)COC(=O)CCCCCN2C(=O)[C@@H]3C4c5ccccc5C(c5ccccc54)[C@@H]3C2=O)c1. The quantitative estimate of drug-likeness (QED) is 0.199. The number of unbranched alkanes of at least 4 members (excludes halogenated alkanes) is 2. The molecule has 1 fully saturated rings. The largest absolute Gasteiger partial charge is 0.497 e. The number of likely N-dealkylation sites (tertiary alicyclic amines) is 1. The van der Waals surface area contributed by atoms with Crippen LogP contribution < -0.4 is 14.8 Å². The van der Waals surface area contributed by atoms with Crippen molar-refractivity contribution in [3.63, 3.8) is 0 Å². The van der Waals surface area contributed by atoms with Gasteiger partial charge in [-0.2, -0.15) is 0 Å². The summed E-state index contributed by atoms with van der Waals surface area (Å²) in [4.78, 5) is 53.3. The van der Waals surface area contributed by atoms with E-state index in [4.69, 9.17) is 14.2 Å². The lowest BCUT2D eigenvalue weighted by Gasteiger charge is -2.45. The Morgan fingerprint density at radius 1 is 0.767 bits per heavy atom. The average molecular weight is 583 g/mol. The normalized spacial score (nSPS) is 21.1. The lowest BCUT2D eigenvalue weighted by Crippen LogP contribution is -2.41. The van der Waals surface area contributed by atoms with Crippen LogP contribution in [0.5, 0.6) is 11.5 Å². The van der Waals surface area contributed by atoms with E-state index in [9.17, 15) is 19.2 Å². The summed E-state index contributed by atoms with van der Waals surface area (Å²) in [5.74, 6) is -1.13. The number of ether oxygens (including phenoxy) is 3. The third kappa shape index (κ3) is 5.13. The minimum atomic E-state index is -0.495. The van der Waals surface area contributed by atoms with Crippen LogP contribution in [0.15, 0.2) is 66.7 Å². The summed E-state index contributed by atoms with van der Waals surface area (Å²) in [6.45, 7) is -0.0948. The molecule has 0 aromatic heterocycles. The van der Waals surface area contributed by atoms with Crippen LogP contribution >= 0.6 is 0 Å². The maximum absolute atomic E-state index is 13.7. The van der Waals surface area contributed by atoms with Crippen molar-refractivity contribution < 1.29 is 33.4 Å². The van der Waals surface area contributed by atoms with Crippen molar-refractivity contribution >= 4 is 29.4 Å². The Balaban J connectivity index is 0.987. The molecule has 1 aliphatic heterocycles. The van der Waals surface area contributed by atoms with Crippen LogP contribution in [0.25, 0.3) is 0 Å². The Labute approximate surface area is 250 Å². The molecule has 4 aliphatic rings. The highest BCUT2D eigenvalue weighted by Gasteiger charge is 2.61. The zero-order valence-electron chi connectivity index (χ0n) is 24.2. The number of benzene rings is 3. The summed E-state index contributed by atoms with van der Waals surface area (Å²) in [6, 6.07) is 21.4. The van der Waals surface area contributed by atoms with Gasteiger partial charge in [-0.1, -0.05) is 55.0 Å². The number of rotatable bonds is 11. The van der Waals surface area contributed by atoms with E-state index in [1.165, 1.54) is 19.1 Å². The molecule has 1 N–H and O–H groups in total. The minimum absolute atomic E-state index is 0.0907. The van der Waals surface area contributed by atoms with Gasteiger partial charge in [0.1, 0.15) is 11.5 Å². The molecular formula is C34H34N2O7. The molecule has 9 heteroatoms. The molecule has 43 heavy (non-hydrogen) atoms. The first-order valence-electron chi connectivity index (χ1n) is 14.6.